The molecule has 0 unspecified atom stereocenters. The van der Waals surface area contributed by atoms with Crippen LogP contribution >= 0.6 is 0 Å². The Bertz CT molecular complexity index is 398. The van der Waals surface area contributed by atoms with Crippen molar-refractivity contribution in [3.05, 3.63) is 34.6 Å². The van der Waals surface area contributed by atoms with Crippen molar-refractivity contribution in [1.29, 1.82) is 0 Å². The zero-order valence-corrected chi connectivity index (χ0v) is 9.12. The maximum Gasteiger partial charge on any atom is 0.164 e. The van der Waals surface area contributed by atoms with Crippen LogP contribution in [0.25, 0.3) is 0 Å². The highest BCUT2D eigenvalue weighted by Crippen LogP contribution is 2.30. The molecule has 0 bridgehead atoms. The van der Waals surface area contributed by atoms with Gasteiger partial charge in [0.15, 0.2) is 11.6 Å². The SMILES string of the molecule is Cc1c(F)cc(C2CCNCC2)c(F)c1F. The Morgan fingerprint density at radius 1 is 1.12 bits per heavy atom. The van der Waals surface area contributed by atoms with Gasteiger partial charge in [-0.2, -0.15) is 0 Å². The minimum Gasteiger partial charge on any atom is -0.317 e. The highest BCUT2D eigenvalue weighted by molar-refractivity contribution is 5.30. The molecule has 1 aromatic rings. The van der Waals surface area contributed by atoms with E-state index in [1.807, 2.05) is 0 Å². The zero-order chi connectivity index (χ0) is 11.7. The van der Waals surface area contributed by atoms with Crippen LogP contribution in [0.4, 0.5) is 13.2 Å². The van der Waals surface area contributed by atoms with Crippen LogP contribution in [0.3, 0.4) is 0 Å². The van der Waals surface area contributed by atoms with Gasteiger partial charge in [0.2, 0.25) is 0 Å². The molecular weight excluding hydrogens is 215 g/mol. The second kappa shape index (κ2) is 4.45. The van der Waals surface area contributed by atoms with Crippen molar-refractivity contribution < 1.29 is 13.2 Å². The van der Waals surface area contributed by atoms with Crippen LogP contribution in [0.5, 0.6) is 0 Å². The van der Waals surface area contributed by atoms with E-state index < -0.39 is 17.5 Å². The lowest BCUT2D eigenvalue weighted by molar-refractivity contribution is 0.421. The van der Waals surface area contributed by atoms with Crippen molar-refractivity contribution in [2.24, 2.45) is 0 Å². The maximum absolute atomic E-state index is 13.7. The lowest BCUT2D eigenvalue weighted by Crippen LogP contribution is -2.27. The molecule has 1 aliphatic rings. The molecule has 1 nitrogen and oxygen atoms in total. The first kappa shape index (κ1) is 11.5. The Morgan fingerprint density at radius 3 is 2.38 bits per heavy atom. The van der Waals surface area contributed by atoms with Crippen molar-refractivity contribution in [3.8, 4) is 0 Å². The first-order chi connectivity index (χ1) is 7.61. The van der Waals surface area contributed by atoms with Crippen molar-refractivity contribution in [2.75, 3.05) is 13.1 Å². The van der Waals surface area contributed by atoms with Gasteiger partial charge in [-0.1, -0.05) is 0 Å². The van der Waals surface area contributed by atoms with Crippen molar-refractivity contribution >= 4 is 0 Å². The van der Waals surface area contributed by atoms with Gasteiger partial charge in [-0.15, -0.1) is 0 Å². The summed E-state index contributed by atoms with van der Waals surface area (Å²) in [5, 5.41) is 3.13. The Labute approximate surface area is 92.7 Å². The molecule has 1 N–H and O–H groups in total. The normalized spacial score (nSPS) is 17.8. The molecule has 1 fully saturated rings. The van der Waals surface area contributed by atoms with Crippen molar-refractivity contribution in [1.82, 2.24) is 5.32 Å². The largest absolute Gasteiger partial charge is 0.317 e. The molecule has 1 heterocycles. The molecule has 0 amide bonds. The van der Waals surface area contributed by atoms with E-state index in [4.69, 9.17) is 0 Å². The summed E-state index contributed by atoms with van der Waals surface area (Å²) in [5.74, 6) is -2.67. The Balaban J connectivity index is 2.40. The van der Waals surface area contributed by atoms with E-state index in [0.717, 1.165) is 32.0 Å². The number of halogens is 3. The standard InChI is InChI=1S/C12H14F3N/c1-7-10(13)6-9(12(15)11(7)14)8-2-4-16-5-3-8/h6,8,16H,2-5H2,1H3. The first-order valence-electron chi connectivity index (χ1n) is 5.46. The third kappa shape index (κ3) is 1.94. The lowest BCUT2D eigenvalue weighted by atomic mass is 9.89. The molecule has 0 saturated carbocycles. The molecule has 0 radical (unpaired) electrons. The summed E-state index contributed by atoms with van der Waals surface area (Å²) >= 11 is 0. The molecule has 16 heavy (non-hydrogen) atoms. The van der Waals surface area contributed by atoms with Gasteiger partial charge >= 0.3 is 0 Å². The minimum atomic E-state index is -1.05. The van der Waals surface area contributed by atoms with E-state index in [9.17, 15) is 13.2 Å². The van der Waals surface area contributed by atoms with Crippen LogP contribution in [-0.2, 0) is 0 Å². The van der Waals surface area contributed by atoms with Gasteiger partial charge in [-0.3, -0.25) is 0 Å². The molecule has 0 aliphatic carbocycles. The average Bonchev–Trinajstić information content (AvgIpc) is 2.32. The van der Waals surface area contributed by atoms with E-state index in [1.54, 1.807) is 0 Å². The van der Waals surface area contributed by atoms with E-state index in [0.29, 0.717) is 0 Å². The van der Waals surface area contributed by atoms with Gasteiger partial charge in [-0.05, 0) is 50.4 Å². The fraction of sp³-hybridized carbons (Fsp3) is 0.500. The summed E-state index contributed by atoms with van der Waals surface area (Å²) in [5.41, 5.74) is -0.0581. The highest BCUT2D eigenvalue weighted by Gasteiger charge is 2.23. The molecule has 4 heteroatoms. The van der Waals surface area contributed by atoms with Crippen molar-refractivity contribution in [3.63, 3.8) is 0 Å². The molecule has 0 aromatic heterocycles. The Kier molecular flexibility index (Phi) is 3.19. The summed E-state index contributed by atoms with van der Waals surface area (Å²) < 4.78 is 40.4. The zero-order valence-electron chi connectivity index (χ0n) is 9.12. The summed E-state index contributed by atoms with van der Waals surface area (Å²) in [6.07, 6.45) is 1.44. The molecule has 88 valence electrons. The third-order valence-corrected chi connectivity index (χ3v) is 3.19. The molecule has 1 saturated heterocycles. The highest BCUT2D eigenvalue weighted by atomic mass is 19.2. The van der Waals surface area contributed by atoms with Gasteiger partial charge in [0.05, 0.1) is 0 Å². The van der Waals surface area contributed by atoms with E-state index in [1.165, 1.54) is 6.92 Å². The van der Waals surface area contributed by atoms with Crippen LogP contribution in [0, 0.1) is 24.4 Å². The fourth-order valence-electron chi connectivity index (χ4n) is 2.13. The summed E-state index contributed by atoms with van der Waals surface area (Å²) in [6, 6.07) is 1.14. The van der Waals surface area contributed by atoms with Gasteiger partial charge < -0.3 is 5.32 Å². The van der Waals surface area contributed by atoms with Gasteiger partial charge in [0.1, 0.15) is 5.82 Å². The number of hydrogen-bond donors (Lipinski definition) is 1. The smallest absolute Gasteiger partial charge is 0.164 e. The Hall–Kier alpha value is -1.03. The second-order valence-electron chi connectivity index (χ2n) is 4.22. The van der Waals surface area contributed by atoms with Gasteiger partial charge in [0.25, 0.3) is 0 Å². The van der Waals surface area contributed by atoms with Crippen LogP contribution in [0.15, 0.2) is 6.07 Å². The van der Waals surface area contributed by atoms with E-state index >= 15 is 0 Å². The molecular formula is C12H14F3N. The number of rotatable bonds is 1. The molecule has 2 rings (SSSR count). The molecule has 0 atom stereocenters. The predicted molar refractivity (Wildman–Crippen MR) is 55.9 cm³/mol. The molecule has 1 aromatic carbocycles. The Morgan fingerprint density at radius 2 is 1.75 bits per heavy atom. The van der Waals surface area contributed by atoms with Crippen molar-refractivity contribution in [2.45, 2.75) is 25.7 Å². The van der Waals surface area contributed by atoms with Crippen LogP contribution in [-0.4, -0.2) is 13.1 Å². The van der Waals surface area contributed by atoms with E-state index in [-0.39, 0.29) is 17.0 Å². The first-order valence-corrected chi connectivity index (χ1v) is 5.46. The quantitative estimate of drug-likeness (QED) is 0.730. The number of nitrogens with one attached hydrogen (secondary N) is 1. The minimum absolute atomic E-state index is 0.0779. The maximum atomic E-state index is 13.7. The second-order valence-corrected chi connectivity index (χ2v) is 4.22. The van der Waals surface area contributed by atoms with Crippen LogP contribution in [0.1, 0.15) is 29.9 Å². The fourth-order valence-corrected chi connectivity index (χ4v) is 2.13. The van der Waals surface area contributed by atoms with E-state index in [2.05, 4.69) is 5.32 Å². The average molecular weight is 229 g/mol. The lowest BCUT2D eigenvalue weighted by Gasteiger charge is -2.23. The van der Waals surface area contributed by atoms with Crippen LogP contribution in [0.2, 0.25) is 0 Å². The number of benzene rings is 1. The third-order valence-electron chi connectivity index (χ3n) is 3.19. The number of hydrogen-bond acceptors (Lipinski definition) is 1. The summed E-state index contributed by atoms with van der Waals surface area (Å²) in [4.78, 5) is 0. The summed E-state index contributed by atoms with van der Waals surface area (Å²) in [6.45, 7) is 2.78. The summed E-state index contributed by atoms with van der Waals surface area (Å²) in [7, 11) is 0. The van der Waals surface area contributed by atoms with Gasteiger partial charge in [-0.25, -0.2) is 13.2 Å². The molecule has 1 aliphatic heterocycles. The van der Waals surface area contributed by atoms with Crippen LogP contribution < -0.4 is 5.32 Å². The monoisotopic (exact) mass is 229 g/mol. The number of piperidine rings is 1. The topological polar surface area (TPSA) is 12.0 Å². The van der Waals surface area contributed by atoms with Gasteiger partial charge in [0, 0.05) is 5.56 Å². The predicted octanol–water partition coefficient (Wildman–Crippen LogP) is 2.88. The molecule has 0 spiro atoms.